The number of ketones is 1. The van der Waals surface area contributed by atoms with Crippen molar-refractivity contribution in [2.24, 2.45) is 29.6 Å². The highest BCUT2D eigenvalue weighted by Crippen LogP contribution is 2.66. The van der Waals surface area contributed by atoms with Crippen LogP contribution in [0.5, 0.6) is 0 Å². The molecule has 0 aromatic rings. The lowest BCUT2D eigenvalue weighted by atomic mass is 9.80. The number of aliphatic hydroxyl groups is 2. The average molecular weight is 254 g/mol. The normalized spacial score (nSPS) is 43.9. The van der Waals surface area contributed by atoms with Gasteiger partial charge >= 0.3 is 0 Å². The van der Waals surface area contributed by atoms with Crippen LogP contribution >= 0.6 is 0 Å². The maximum Gasteiger partial charge on any atom is 0.129 e. The predicted molar refractivity (Wildman–Crippen MR) is 70.0 cm³/mol. The maximum absolute atomic E-state index is 11.2. The Morgan fingerprint density at radius 1 is 1.44 bits per heavy atom. The molecule has 6 atom stereocenters. The molecule has 104 valence electrons. The van der Waals surface area contributed by atoms with Crippen LogP contribution in [0.1, 0.15) is 47.0 Å². The van der Waals surface area contributed by atoms with E-state index in [-0.39, 0.29) is 11.7 Å². The van der Waals surface area contributed by atoms with Crippen LogP contribution in [0.2, 0.25) is 0 Å². The van der Waals surface area contributed by atoms with Gasteiger partial charge in [-0.1, -0.05) is 13.8 Å². The predicted octanol–water partition coefficient (Wildman–Crippen LogP) is 2.01. The van der Waals surface area contributed by atoms with Crippen LogP contribution in [0.15, 0.2) is 0 Å². The second kappa shape index (κ2) is 4.61. The molecule has 0 saturated heterocycles. The van der Waals surface area contributed by atoms with Crippen LogP contribution in [-0.2, 0) is 4.79 Å². The summed E-state index contributed by atoms with van der Waals surface area (Å²) >= 11 is 0. The van der Waals surface area contributed by atoms with E-state index in [9.17, 15) is 15.0 Å². The van der Waals surface area contributed by atoms with Gasteiger partial charge in [0.1, 0.15) is 5.78 Å². The number of carbonyl (C=O) groups excluding carboxylic acids is 1. The minimum absolute atomic E-state index is 0.242. The summed E-state index contributed by atoms with van der Waals surface area (Å²) in [5.74, 6) is 2.50. The van der Waals surface area contributed by atoms with E-state index in [1.54, 1.807) is 13.8 Å². The zero-order chi connectivity index (χ0) is 13.7. The van der Waals surface area contributed by atoms with E-state index in [0.717, 1.165) is 12.8 Å². The number of hydrogen-bond donors (Lipinski definition) is 2. The van der Waals surface area contributed by atoms with E-state index < -0.39 is 11.7 Å². The number of rotatable bonds is 5. The molecule has 0 spiro atoms. The largest absolute Gasteiger partial charge is 0.390 e. The Labute approximate surface area is 110 Å². The van der Waals surface area contributed by atoms with Crippen molar-refractivity contribution >= 4 is 5.78 Å². The van der Waals surface area contributed by atoms with Gasteiger partial charge in [0, 0.05) is 6.42 Å². The molecule has 0 heterocycles. The van der Waals surface area contributed by atoms with Crippen LogP contribution in [-0.4, -0.2) is 27.7 Å². The highest BCUT2D eigenvalue weighted by atomic mass is 16.3. The Morgan fingerprint density at radius 2 is 2.06 bits per heavy atom. The van der Waals surface area contributed by atoms with Gasteiger partial charge in [-0.15, -0.1) is 0 Å². The van der Waals surface area contributed by atoms with Crippen LogP contribution in [0.3, 0.4) is 0 Å². The van der Waals surface area contributed by atoms with Crippen LogP contribution < -0.4 is 0 Å². The molecule has 2 aliphatic rings. The second-order valence-corrected chi connectivity index (χ2v) is 6.89. The fourth-order valence-corrected chi connectivity index (χ4v) is 4.17. The molecule has 18 heavy (non-hydrogen) atoms. The average Bonchev–Trinajstić information content (AvgIpc) is 2.85. The zero-order valence-electron chi connectivity index (χ0n) is 11.9. The van der Waals surface area contributed by atoms with E-state index in [1.807, 2.05) is 0 Å². The molecular formula is C15H26O3. The standard InChI is InChI=1S/C15H26O3/c1-8(2)10(6-5-9(3)16)13-11-7-12(17)15(4,18)14(11)13/h8,10-14,17-18H,5-7H2,1-4H3. The van der Waals surface area contributed by atoms with Crippen LogP contribution in [0.4, 0.5) is 0 Å². The topological polar surface area (TPSA) is 57.5 Å². The molecule has 3 heteroatoms. The molecule has 0 radical (unpaired) electrons. The van der Waals surface area contributed by atoms with Gasteiger partial charge in [0.25, 0.3) is 0 Å². The Morgan fingerprint density at radius 3 is 2.44 bits per heavy atom. The zero-order valence-corrected chi connectivity index (χ0v) is 11.9. The molecule has 2 rings (SSSR count). The molecule has 2 fully saturated rings. The molecule has 0 aliphatic heterocycles. The molecule has 2 N–H and O–H groups in total. The lowest BCUT2D eigenvalue weighted by molar-refractivity contribution is -0.117. The SMILES string of the molecule is CC(=O)CCC(C(C)C)C1C2CC(O)C(C)(O)C21. The van der Waals surface area contributed by atoms with Gasteiger partial charge in [-0.05, 0) is 56.3 Å². The van der Waals surface area contributed by atoms with E-state index in [4.69, 9.17) is 0 Å². The summed E-state index contributed by atoms with van der Waals surface area (Å²) in [6, 6.07) is 0. The minimum Gasteiger partial charge on any atom is -0.390 e. The minimum atomic E-state index is -0.918. The Bertz CT molecular complexity index is 335. The first kappa shape index (κ1) is 14.0. The highest BCUT2D eigenvalue weighted by molar-refractivity contribution is 5.75. The third kappa shape index (κ3) is 2.23. The van der Waals surface area contributed by atoms with Gasteiger partial charge < -0.3 is 15.0 Å². The smallest absolute Gasteiger partial charge is 0.129 e. The molecule has 2 aliphatic carbocycles. The van der Waals surface area contributed by atoms with Crippen molar-refractivity contribution in [1.82, 2.24) is 0 Å². The third-order valence-electron chi connectivity index (χ3n) is 5.25. The quantitative estimate of drug-likeness (QED) is 0.789. The molecule has 0 amide bonds. The molecule has 0 aromatic heterocycles. The van der Waals surface area contributed by atoms with E-state index in [2.05, 4.69) is 13.8 Å². The maximum atomic E-state index is 11.2. The van der Waals surface area contributed by atoms with Crippen LogP contribution in [0.25, 0.3) is 0 Å². The first-order chi connectivity index (χ1) is 8.26. The van der Waals surface area contributed by atoms with Crippen molar-refractivity contribution in [2.75, 3.05) is 0 Å². The number of carbonyl (C=O) groups is 1. The molecule has 0 aromatic carbocycles. The van der Waals surface area contributed by atoms with Gasteiger partial charge in [0.15, 0.2) is 0 Å². The van der Waals surface area contributed by atoms with Crippen molar-refractivity contribution in [3.8, 4) is 0 Å². The van der Waals surface area contributed by atoms with Gasteiger partial charge in [-0.2, -0.15) is 0 Å². The van der Waals surface area contributed by atoms with Crippen molar-refractivity contribution in [1.29, 1.82) is 0 Å². The fraction of sp³-hybridized carbons (Fsp3) is 0.933. The third-order valence-corrected chi connectivity index (χ3v) is 5.25. The van der Waals surface area contributed by atoms with Crippen LogP contribution in [0, 0.1) is 29.6 Å². The first-order valence-electron chi connectivity index (χ1n) is 7.16. The molecule has 3 nitrogen and oxygen atoms in total. The summed E-state index contributed by atoms with van der Waals surface area (Å²) in [5, 5.41) is 20.1. The molecular weight excluding hydrogens is 228 g/mol. The molecule has 0 bridgehead atoms. The highest BCUT2D eigenvalue weighted by Gasteiger charge is 2.68. The van der Waals surface area contributed by atoms with E-state index in [0.29, 0.717) is 30.1 Å². The summed E-state index contributed by atoms with van der Waals surface area (Å²) in [7, 11) is 0. The van der Waals surface area contributed by atoms with E-state index in [1.165, 1.54) is 0 Å². The summed E-state index contributed by atoms with van der Waals surface area (Å²) in [4.78, 5) is 11.2. The lowest BCUT2D eigenvalue weighted by Gasteiger charge is -2.30. The van der Waals surface area contributed by atoms with Crippen molar-refractivity contribution in [3.63, 3.8) is 0 Å². The Kier molecular flexibility index (Phi) is 3.58. The van der Waals surface area contributed by atoms with Crippen molar-refractivity contribution < 1.29 is 15.0 Å². The Balaban J connectivity index is 2.01. The fourth-order valence-electron chi connectivity index (χ4n) is 4.17. The monoisotopic (exact) mass is 254 g/mol. The number of hydrogen-bond acceptors (Lipinski definition) is 3. The van der Waals surface area contributed by atoms with Gasteiger partial charge in [0.05, 0.1) is 11.7 Å². The summed E-state index contributed by atoms with van der Waals surface area (Å²) < 4.78 is 0. The summed E-state index contributed by atoms with van der Waals surface area (Å²) in [5.41, 5.74) is -0.918. The first-order valence-corrected chi connectivity index (χ1v) is 7.16. The van der Waals surface area contributed by atoms with Gasteiger partial charge in [-0.3, -0.25) is 0 Å². The van der Waals surface area contributed by atoms with Crippen molar-refractivity contribution in [2.45, 2.75) is 58.7 Å². The molecule has 2 saturated carbocycles. The van der Waals surface area contributed by atoms with Gasteiger partial charge in [-0.25, -0.2) is 0 Å². The van der Waals surface area contributed by atoms with Crippen molar-refractivity contribution in [3.05, 3.63) is 0 Å². The number of Topliss-reactive ketones (excluding diaryl/α,β-unsaturated/α-hetero) is 1. The summed E-state index contributed by atoms with van der Waals surface area (Å²) in [6.45, 7) is 7.81. The van der Waals surface area contributed by atoms with E-state index >= 15 is 0 Å². The van der Waals surface area contributed by atoms with Gasteiger partial charge in [0.2, 0.25) is 0 Å². The second-order valence-electron chi connectivity index (χ2n) is 6.89. The Hall–Kier alpha value is -0.410. The summed E-state index contributed by atoms with van der Waals surface area (Å²) in [6.07, 6.45) is 1.73. The molecule has 6 unspecified atom stereocenters. The number of aliphatic hydroxyl groups excluding tert-OH is 1. The lowest BCUT2D eigenvalue weighted by Crippen LogP contribution is -2.40. The number of fused-ring (bicyclic) bond motifs is 1.